The van der Waals surface area contributed by atoms with E-state index in [4.69, 9.17) is 34.8 Å². The number of amides is 2. The van der Waals surface area contributed by atoms with Gasteiger partial charge in [0.25, 0.3) is 0 Å². The van der Waals surface area contributed by atoms with Crippen molar-refractivity contribution in [3.63, 3.8) is 0 Å². The highest BCUT2D eigenvalue weighted by atomic mass is 35.5. The van der Waals surface area contributed by atoms with Gasteiger partial charge in [0, 0.05) is 19.0 Å². The Hall–Kier alpha value is -2.78. The van der Waals surface area contributed by atoms with Crippen LogP contribution in [-0.2, 0) is 32.6 Å². The van der Waals surface area contributed by atoms with Crippen LogP contribution >= 0.6 is 34.8 Å². The maximum atomic E-state index is 14.3. The quantitative estimate of drug-likeness (QED) is 0.243. The first-order chi connectivity index (χ1) is 19.9. The maximum Gasteiger partial charge on any atom is 0.244 e. The number of anilines is 1. The monoisotopic (exact) mass is 649 g/mol. The molecule has 224 valence electrons. The molecule has 1 aliphatic carbocycles. The van der Waals surface area contributed by atoms with Crippen LogP contribution in [0.5, 0.6) is 0 Å². The summed E-state index contributed by atoms with van der Waals surface area (Å²) in [4.78, 5) is 29.7. The molecule has 7 nitrogen and oxygen atoms in total. The van der Waals surface area contributed by atoms with Gasteiger partial charge in [0.15, 0.2) is 0 Å². The second-order valence-electron chi connectivity index (χ2n) is 10.6. The molecule has 1 saturated carbocycles. The van der Waals surface area contributed by atoms with Crippen molar-refractivity contribution >= 4 is 62.3 Å². The molecule has 0 aromatic heterocycles. The van der Waals surface area contributed by atoms with Crippen molar-refractivity contribution in [3.8, 4) is 0 Å². The average Bonchev–Trinajstić information content (AvgIpc) is 3.45. The summed E-state index contributed by atoms with van der Waals surface area (Å²) in [5, 5.41) is 3.42. The number of hydrogen-bond donors (Lipinski definition) is 1. The molecule has 1 aliphatic rings. The van der Waals surface area contributed by atoms with E-state index < -0.39 is 28.5 Å². The zero-order chi connectivity index (χ0) is 30.4. The first-order valence-corrected chi connectivity index (χ1v) is 16.7. The van der Waals surface area contributed by atoms with Crippen molar-refractivity contribution < 1.29 is 18.0 Å². The lowest BCUT2D eigenvalue weighted by atomic mass is 10.0. The number of carbonyl (C=O) groups is 2. The summed E-state index contributed by atoms with van der Waals surface area (Å²) in [7, 11) is -4.00. The highest BCUT2D eigenvalue weighted by Crippen LogP contribution is 2.36. The molecule has 1 fully saturated rings. The van der Waals surface area contributed by atoms with Crippen LogP contribution in [0.25, 0.3) is 0 Å². The number of nitrogens with zero attached hydrogens (tertiary/aromatic N) is 2. The molecule has 0 radical (unpaired) electrons. The molecule has 2 amide bonds. The summed E-state index contributed by atoms with van der Waals surface area (Å²) in [5.41, 5.74) is 2.68. The fraction of sp³-hybridized carbons (Fsp3) is 0.355. The van der Waals surface area contributed by atoms with Crippen molar-refractivity contribution in [3.05, 3.63) is 98.5 Å². The Morgan fingerprint density at radius 1 is 0.929 bits per heavy atom. The molecular weight excluding hydrogens is 617 g/mol. The first-order valence-electron chi connectivity index (χ1n) is 13.7. The molecule has 0 bridgehead atoms. The Kier molecular flexibility index (Phi) is 10.8. The maximum absolute atomic E-state index is 14.3. The molecule has 3 aromatic rings. The van der Waals surface area contributed by atoms with E-state index in [1.807, 2.05) is 61.5 Å². The van der Waals surface area contributed by atoms with E-state index in [1.54, 1.807) is 0 Å². The van der Waals surface area contributed by atoms with Crippen LogP contribution in [0, 0.1) is 6.92 Å². The Labute approximate surface area is 262 Å². The van der Waals surface area contributed by atoms with Gasteiger partial charge in [-0.1, -0.05) is 102 Å². The highest BCUT2D eigenvalue weighted by molar-refractivity contribution is 7.92. The Bertz CT molecular complexity index is 1530. The summed E-state index contributed by atoms with van der Waals surface area (Å²) in [6.45, 7) is 1.44. The van der Waals surface area contributed by atoms with Gasteiger partial charge >= 0.3 is 0 Å². The average molecular weight is 651 g/mol. The number of nitrogens with one attached hydrogen (secondary N) is 1. The number of rotatable bonds is 11. The van der Waals surface area contributed by atoms with Gasteiger partial charge in [0.2, 0.25) is 21.8 Å². The number of halogens is 3. The fourth-order valence-corrected chi connectivity index (χ4v) is 6.74. The molecule has 1 unspecified atom stereocenters. The lowest BCUT2D eigenvalue weighted by molar-refractivity contribution is -0.140. The van der Waals surface area contributed by atoms with Gasteiger partial charge in [0.1, 0.15) is 12.6 Å². The predicted octanol–water partition coefficient (Wildman–Crippen LogP) is 6.42. The van der Waals surface area contributed by atoms with Crippen LogP contribution in [0.4, 0.5) is 5.69 Å². The largest absolute Gasteiger partial charge is 0.352 e. The number of aryl methyl sites for hydroxylation is 1. The van der Waals surface area contributed by atoms with Gasteiger partial charge in [-0.15, -0.1) is 0 Å². The van der Waals surface area contributed by atoms with E-state index in [0.717, 1.165) is 52.9 Å². The Balaban J connectivity index is 1.76. The van der Waals surface area contributed by atoms with E-state index >= 15 is 0 Å². The van der Waals surface area contributed by atoms with Crippen LogP contribution in [-0.4, -0.2) is 50.0 Å². The molecule has 1 atom stereocenters. The van der Waals surface area contributed by atoms with Crippen LogP contribution in [0.3, 0.4) is 0 Å². The van der Waals surface area contributed by atoms with Crippen molar-refractivity contribution in [2.45, 2.75) is 57.7 Å². The van der Waals surface area contributed by atoms with Crippen molar-refractivity contribution in [1.29, 1.82) is 0 Å². The van der Waals surface area contributed by atoms with Crippen molar-refractivity contribution in [2.75, 3.05) is 17.1 Å². The summed E-state index contributed by atoms with van der Waals surface area (Å²) < 4.78 is 26.9. The van der Waals surface area contributed by atoms with E-state index in [-0.39, 0.29) is 45.7 Å². The van der Waals surface area contributed by atoms with E-state index in [0.29, 0.717) is 0 Å². The zero-order valence-electron chi connectivity index (χ0n) is 23.5. The van der Waals surface area contributed by atoms with Gasteiger partial charge < -0.3 is 10.2 Å². The SMILES string of the molecule is Cc1ccccc1CN(C(=O)CN(c1cc(Cl)c(Cl)cc1Cl)S(C)(=O)=O)C(Cc1ccccc1)C(=O)NC1CCCC1. The third kappa shape index (κ3) is 8.19. The normalized spacial score (nSPS) is 14.4. The van der Waals surface area contributed by atoms with E-state index in [2.05, 4.69) is 5.32 Å². The third-order valence-electron chi connectivity index (χ3n) is 7.51. The minimum absolute atomic E-state index is 0.0211. The first kappa shape index (κ1) is 32.1. The topological polar surface area (TPSA) is 86.8 Å². The summed E-state index contributed by atoms with van der Waals surface area (Å²) in [5.74, 6) is -0.834. The zero-order valence-corrected chi connectivity index (χ0v) is 26.6. The summed E-state index contributed by atoms with van der Waals surface area (Å²) in [6, 6.07) is 18.9. The van der Waals surface area contributed by atoms with Crippen LogP contribution in [0.15, 0.2) is 66.7 Å². The second kappa shape index (κ2) is 14.1. The highest BCUT2D eigenvalue weighted by Gasteiger charge is 2.35. The smallest absolute Gasteiger partial charge is 0.244 e. The molecule has 11 heteroatoms. The van der Waals surface area contributed by atoms with Crippen molar-refractivity contribution in [1.82, 2.24) is 10.2 Å². The fourth-order valence-electron chi connectivity index (χ4n) is 5.19. The molecule has 1 N–H and O–H groups in total. The molecule has 3 aromatic carbocycles. The minimum atomic E-state index is -4.00. The van der Waals surface area contributed by atoms with Crippen LogP contribution in [0.2, 0.25) is 15.1 Å². The number of sulfonamides is 1. The van der Waals surface area contributed by atoms with Gasteiger partial charge in [-0.25, -0.2) is 8.42 Å². The van der Waals surface area contributed by atoms with Crippen LogP contribution < -0.4 is 9.62 Å². The predicted molar refractivity (Wildman–Crippen MR) is 170 cm³/mol. The lowest BCUT2D eigenvalue weighted by Gasteiger charge is -2.34. The standard InChI is InChI=1S/C31H34Cl3N3O4S/c1-21-10-6-7-13-23(21)19-36(29(16-22-11-4-3-5-12-22)31(39)35-24-14-8-9-15-24)30(38)20-37(42(2,40)41)28-18-26(33)25(32)17-27(28)34/h3-7,10-13,17-18,24,29H,8-9,14-16,19-20H2,1-2H3,(H,35,39). The molecule has 0 spiro atoms. The lowest BCUT2D eigenvalue weighted by Crippen LogP contribution is -2.54. The van der Waals surface area contributed by atoms with E-state index in [1.165, 1.54) is 17.0 Å². The molecular formula is C31H34Cl3N3O4S. The van der Waals surface area contributed by atoms with E-state index in [9.17, 15) is 18.0 Å². The Morgan fingerprint density at radius 3 is 2.19 bits per heavy atom. The van der Waals surface area contributed by atoms with Gasteiger partial charge in [0.05, 0.1) is 27.0 Å². The molecule has 42 heavy (non-hydrogen) atoms. The van der Waals surface area contributed by atoms with Crippen molar-refractivity contribution in [2.24, 2.45) is 0 Å². The molecule has 0 saturated heterocycles. The van der Waals surface area contributed by atoms with Crippen LogP contribution in [0.1, 0.15) is 42.4 Å². The third-order valence-corrected chi connectivity index (χ3v) is 9.66. The Morgan fingerprint density at radius 2 is 1.55 bits per heavy atom. The summed E-state index contributed by atoms with van der Waals surface area (Å²) >= 11 is 18.7. The molecule has 4 rings (SSSR count). The van der Waals surface area contributed by atoms with Gasteiger partial charge in [-0.05, 0) is 48.6 Å². The number of carbonyl (C=O) groups excluding carboxylic acids is 2. The number of benzene rings is 3. The van der Waals surface area contributed by atoms with Gasteiger partial charge in [-0.2, -0.15) is 0 Å². The number of hydrogen-bond acceptors (Lipinski definition) is 4. The minimum Gasteiger partial charge on any atom is -0.352 e. The molecule has 0 aliphatic heterocycles. The summed E-state index contributed by atoms with van der Waals surface area (Å²) in [6.07, 6.45) is 5.07. The molecule has 0 heterocycles. The second-order valence-corrected chi connectivity index (χ2v) is 13.8. The van der Waals surface area contributed by atoms with Gasteiger partial charge in [-0.3, -0.25) is 13.9 Å².